The third-order valence-electron chi connectivity index (χ3n) is 3.17. The van der Waals surface area contributed by atoms with E-state index >= 15 is 0 Å². The highest BCUT2D eigenvalue weighted by molar-refractivity contribution is 6.30. The van der Waals surface area contributed by atoms with Gasteiger partial charge in [-0.25, -0.2) is 0 Å². The molecule has 0 spiro atoms. The Labute approximate surface area is 102 Å². The number of ether oxygens (including phenoxy) is 1. The smallest absolute Gasteiger partial charge is 0.120 e. The quantitative estimate of drug-likeness (QED) is 0.879. The standard InChI is InChI=1S/C13H18ClNO/c14-11-2-1-3-13(8-11)16-9-10-4-6-12(15)7-5-10/h1-3,8,10,12H,4-7,9,15H2. The Morgan fingerprint density at radius 1 is 1.25 bits per heavy atom. The van der Waals surface area contributed by atoms with Gasteiger partial charge in [-0.3, -0.25) is 0 Å². The molecule has 1 aromatic carbocycles. The van der Waals surface area contributed by atoms with Crippen LogP contribution in [0.25, 0.3) is 0 Å². The van der Waals surface area contributed by atoms with Crippen molar-refractivity contribution in [2.24, 2.45) is 11.7 Å². The van der Waals surface area contributed by atoms with Crippen molar-refractivity contribution in [2.45, 2.75) is 31.7 Å². The fourth-order valence-electron chi connectivity index (χ4n) is 2.13. The third kappa shape index (κ3) is 3.39. The van der Waals surface area contributed by atoms with E-state index < -0.39 is 0 Å². The summed E-state index contributed by atoms with van der Waals surface area (Å²) in [5.74, 6) is 1.51. The van der Waals surface area contributed by atoms with Crippen molar-refractivity contribution in [2.75, 3.05) is 6.61 Å². The van der Waals surface area contributed by atoms with Crippen LogP contribution in [-0.2, 0) is 0 Å². The molecule has 0 bridgehead atoms. The first-order valence-electron chi connectivity index (χ1n) is 5.88. The SMILES string of the molecule is NC1CCC(COc2cccc(Cl)c2)CC1. The summed E-state index contributed by atoms with van der Waals surface area (Å²) < 4.78 is 5.74. The second-order valence-corrected chi connectivity index (χ2v) is 4.99. The summed E-state index contributed by atoms with van der Waals surface area (Å²) in [6, 6.07) is 7.97. The maximum absolute atomic E-state index is 5.89. The lowest BCUT2D eigenvalue weighted by Gasteiger charge is -2.25. The molecule has 0 aromatic heterocycles. The van der Waals surface area contributed by atoms with Crippen molar-refractivity contribution in [1.82, 2.24) is 0 Å². The second-order valence-electron chi connectivity index (χ2n) is 4.55. The number of nitrogens with two attached hydrogens (primary N) is 1. The van der Waals surface area contributed by atoms with Gasteiger partial charge < -0.3 is 10.5 Å². The highest BCUT2D eigenvalue weighted by Crippen LogP contribution is 2.25. The molecule has 2 nitrogen and oxygen atoms in total. The molecule has 0 unspecified atom stereocenters. The van der Waals surface area contributed by atoms with Crippen molar-refractivity contribution < 1.29 is 4.74 Å². The van der Waals surface area contributed by atoms with Crippen molar-refractivity contribution >= 4 is 11.6 Å². The van der Waals surface area contributed by atoms with Gasteiger partial charge in [0.15, 0.2) is 0 Å². The molecule has 1 fully saturated rings. The zero-order valence-electron chi connectivity index (χ0n) is 9.36. The normalized spacial score (nSPS) is 25.4. The Kier molecular flexibility index (Phi) is 4.08. The number of hydrogen-bond acceptors (Lipinski definition) is 2. The van der Waals surface area contributed by atoms with Gasteiger partial charge in [0.25, 0.3) is 0 Å². The minimum absolute atomic E-state index is 0.405. The molecule has 0 saturated heterocycles. The topological polar surface area (TPSA) is 35.2 Å². The zero-order chi connectivity index (χ0) is 11.4. The molecule has 2 rings (SSSR count). The number of benzene rings is 1. The molecule has 2 N–H and O–H groups in total. The van der Waals surface area contributed by atoms with E-state index in [1.165, 1.54) is 12.8 Å². The Morgan fingerprint density at radius 3 is 2.69 bits per heavy atom. The van der Waals surface area contributed by atoms with Gasteiger partial charge in [-0.2, -0.15) is 0 Å². The van der Waals surface area contributed by atoms with E-state index in [2.05, 4.69) is 0 Å². The molecular weight excluding hydrogens is 222 g/mol. The fourth-order valence-corrected chi connectivity index (χ4v) is 2.31. The molecule has 0 radical (unpaired) electrons. The van der Waals surface area contributed by atoms with E-state index in [0.29, 0.717) is 12.0 Å². The highest BCUT2D eigenvalue weighted by atomic mass is 35.5. The van der Waals surface area contributed by atoms with Crippen LogP contribution >= 0.6 is 11.6 Å². The lowest BCUT2D eigenvalue weighted by Crippen LogP contribution is -2.28. The van der Waals surface area contributed by atoms with E-state index in [4.69, 9.17) is 22.1 Å². The summed E-state index contributed by atoms with van der Waals surface area (Å²) in [6.07, 6.45) is 4.62. The van der Waals surface area contributed by atoms with Crippen LogP contribution in [0.15, 0.2) is 24.3 Å². The van der Waals surface area contributed by atoms with Gasteiger partial charge in [-0.15, -0.1) is 0 Å². The van der Waals surface area contributed by atoms with Gasteiger partial charge in [0, 0.05) is 11.1 Å². The Morgan fingerprint density at radius 2 is 2.00 bits per heavy atom. The zero-order valence-corrected chi connectivity index (χ0v) is 10.1. The summed E-state index contributed by atoms with van der Waals surface area (Å²) in [6.45, 7) is 0.785. The molecule has 1 saturated carbocycles. The van der Waals surface area contributed by atoms with Crippen LogP contribution in [-0.4, -0.2) is 12.6 Å². The highest BCUT2D eigenvalue weighted by Gasteiger charge is 2.18. The largest absolute Gasteiger partial charge is 0.493 e. The van der Waals surface area contributed by atoms with Gasteiger partial charge in [0.2, 0.25) is 0 Å². The second kappa shape index (κ2) is 5.55. The summed E-state index contributed by atoms with van der Waals surface area (Å²) in [5.41, 5.74) is 5.87. The van der Waals surface area contributed by atoms with E-state index in [1.807, 2.05) is 24.3 Å². The van der Waals surface area contributed by atoms with Gasteiger partial charge >= 0.3 is 0 Å². The Bertz CT molecular complexity index is 334. The first-order chi connectivity index (χ1) is 7.74. The molecule has 0 atom stereocenters. The lowest BCUT2D eigenvalue weighted by atomic mass is 9.87. The van der Waals surface area contributed by atoms with E-state index in [9.17, 15) is 0 Å². The first kappa shape index (κ1) is 11.7. The lowest BCUT2D eigenvalue weighted by molar-refractivity contribution is 0.200. The average Bonchev–Trinajstić information content (AvgIpc) is 2.28. The summed E-state index contributed by atoms with van der Waals surface area (Å²) in [5, 5.41) is 0.725. The van der Waals surface area contributed by atoms with Crippen LogP contribution in [0, 0.1) is 5.92 Å². The molecule has 1 aromatic rings. The predicted molar refractivity (Wildman–Crippen MR) is 66.9 cm³/mol. The number of hydrogen-bond donors (Lipinski definition) is 1. The van der Waals surface area contributed by atoms with E-state index in [1.54, 1.807) is 0 Å². The Hall–Kier alpha value is -0.730. The Balaban J connectivity index is 1.79. The van der Waals surface area contributed by atoms with Crippen LogP contribution in [0.4, 0.5) is 0 Å². The van der Waals surface area contributed by atoms with Gasteiger partial charge in [-0.05, 0) is 49.8 Å². The minimum atomic E-state index is 0.405. The van der Waals surface area contributed by atoms with Crippen LogP contribution in [0.3, 0.4) is 0 Å². The monoisotopic (exact) mass is 239 g/mol. The summed E-state index contributed by atoms with van der Waals surface area (Å²) in [4.78, 5) is 0. The molecule has 0 aliphatic heterocycles. The molecule has 16 heavy (non-hydrogen) atoms. The van der Waals surface area contributed by atoms with Crippen LogP contribution in [0.2, 0.25) is 5.02 Å². The number of rotatable bonds is 3. The van der Waals surface area contributed by atoms with Gasteiger partial charge in [0.05, 0.1) is 6.61 Å². The van der Waals surface area contributed by atoms with Crippen molar-refractivity contribution in [3.8, 4) is 5.75 Å². The molecule has 3 heteroatoms. The van der Waals surface area contributed by atoms with E-state index in [0.717, 1.165) is 30.2 Å². The molecule has 1 aliphatic rings. The van der Waals surface area contributed by atoms with Crippen LogP contribution < -0.4 is 10.5 Å². The third-order valence-corrected chi connectivity index (χ3v) is 3.41. The van der Waals surface area contributed by atoms with E-state index in [-0.39, 0.29) is 0 Å². The maximum atomic E-state index is 5.89. The fraction of sp³-hybridized carbons (Fsp3) is 0.538. The molecule has 1 aliphatic carbocycles. The van der Waals surface area contributed by atoms with Crippen molar-refractivity contribution in [3.05, 3.63) is 29.3 Å². The van der Waals surface area contributed by atoms with Crippen LogP contribution in [0.1, 0.15) is 25.7 Å². The molecule has 0 heterocycles. The molecule has 0 amide bonds. The van der Waals surface area contributed by atoms with Crippen molar-refractivity contribution in [1.29, 1.82) is 0 Å². The first-order valence-corrected chi connectivity index (χ1v) is 6.26. The number of halogens is 1. The van der Waals surface area contributed by atoms with Gasteiger partial charge in [-0.1, -0.05) is 17.7 Å². The van der Waals surface area contributed by atoms with Crippen LogP contribution in [0.5, 0.6) is 5.75 Å². The summed E-state index contributed by atoms with van der Waals surface area (Å²) >= 11 is 5.89. The minimum Gasteiger partial charge on any atom is -0.493 e. The van der Waals surface area contributed by atoms with Crippen molar-refractivity contribution in [3.63, 3.8) is 0 Å². The molecule has 88 valence electrons. The molecular formula is C13H18ClNO. The predicted octanol–water partition coefficient (Wildman–Crippen LogP) is 3.24. The summed E-state index contributed by atoms with van der Waals surface area (Å²) in [7, 11) is 0. The maximum Gasteiger partial charge on any atom is 0.120 e. The van der Waals surface area contributed by atoms with Gasteiger partial charge in [0.1, 0.15) is 5.75 Å². The average molecular weight is 240 g/mol.